The highest BCUT2D eigenvalue weighted by Crippen LogP contribution is 2.21. The molecule has 1 fully saturated rings. The summed E-state index contributed by atoms with van der Waals surface area (Å²) in [5.74, 6) is 0.682. The molecule has 1 aromatic carbocycles. The number of rotatable bonds is 5. The van der Waals surface area contributed by atoms with E-state index in [2.05, 4.69) is 15.5 Å². The van der Waals surface area contributed by atoms with Gasteiger partial charge in [0, 0.05) is 11.6 Å². The summed E-state index contributed by atoms with van der Waals surface area (Å²) in [5.41, 5.74) is 0.744. The van der Waals surface area contributed by atoms with E-state index in [4.69, 9.17) is 9.15 Å². The maximum absolute atomic E-state index is 12.1. The van der Waals surface area contributed by atoms with Gasteiger partial charge in [-0.25, -0.2) is 8.42 Å². The Labute approximate surface area is 139 Å². The van der Waals surface area contributed by atoms with Crippen molar-refractivity contribution in [2.24, 2.45) is 0 Å². The zero-order valence-electron chi connectivity index (χ0n) is 13.0. The Morgan fingerprint density at radius 2 is 2.12 bits per heavy atom. The molecule has 2 atom stereocenters. The quantitative estimate of drug-likeness (QED) is 0.848. The van der Waals surface area contributed by atoms with Crippen LogP contribution in [-0.2, 0) is 14.6 Å². The third kappa shape index (κ3) is 3.91. The number of hydrogen-bond donors (Lipinski definition) is 1. The van der Waals surface area contributed by atoms with Gasteiger partial charge in [0.25, 0.3) is 5.91 Å². The maximum Gasteiger partial charge on any atom is 0.261 e. The summed E-state index contributed by atoms with van der Waals surface area (Å²) in [6.07, 6.45) is 0.956. The molecule has 1 saturated heterocycles. The summed E-state index contributed by atoms with van der Waals surface area (Å²) in [4.78, 5) is 12.1. The summed E-state index contributed by atoms with van der Waals surface area (Å²) in [6, 6.07) is 6.55. The predicted molar refractivity (Wildman–Crippen MR) is 85.0 cm³/mol. The van der Waals surface area contributed by atoms with Crippen molar-refractivity contribution in [2.75, 3.05) is 11.5 Å². The molecule has 9 heteroatoms. The lowest BCUT2D eigenvalue weighted by atomic mass is 10.2. The van der Waals surface area contributed by atoms with Crippen LogP contribution in [0.1, 0.15) is 13.3 Å². The molecule has 1 aliphatic heterocycles. The molecule has 2 aromatic rings. The lowest BCUT2D eigenvalue weighted by Gasteiger charge is -2.17. The Morgan fingerprint density at radius 3 is 2.71 bits per heavy atom. The lowest BCUT2D eigenvalue weighted by molar-refractivity contribution is -0.127. The van der Waals surface area contributed by atoms with Gasteiger partial charge in [0.15, 0.2) is 15.9 Å². The minimum atomic E-state index is -3.03. The second-order valence-corrected chi connectivity index (χ2v) is 7.87. The highest BCUT2D eigenvalue weighted by molar-refractivity contribution is 7.91. The van der Waals surface area contributed by atoms with Gasteiger partial charge in [-0.05, 0) is 37.6 Å². The minimum absolute atomic E-state index is 0.00958. The minimum Gasteiger partial charge on any atom is -0.481 e. The fourth-order valence-corrected chi connectivity index (χ4v) is 4.13. The second kappa shape index (κ2) is 6.60. The van der Waals surface area contributed by atoms with Crippen LogP contribution >= 0.6 is 0 Å². The number of aromatic nitrogens is 2. The zero-order valence-corrected chi connectivity index (χ0v) is 13.8. The van der Waals surface area contributed by atoms with E-state index in [1.807, 2.05) is 0 Å². The van der Waals surface area contributed by atoms with Gasteiger partial charge in [0.1, 0.15) is 5.75 Å². The molecule has 1 N–H and O–H groups in total. The lowest BCUT2D eigenvalue weighted by Crippen LogP contribution is -2.43. The first-order valence-electron chi connectivity index (χ1n) is 7.47. The maximum atomic E-state index is 12.1. The fourth-order valence-electron chi connectivity index (χ4n) is 2.46. The number of hydrogen-bond acceptors (Lipinski definition) is 7. The van der Waals surface area contributed by atoms with E-state index in [1.54, 1.807) is 31.2 Å². The van der Waals surface area contributed by atoms with Crippen molar-refractivity contribution in [3.63, 3.8) is 0 Å². The number of nitrogens with zero attached hydrogens (tertiary/aromatic N) is 2. The Bertz CT molecular complexity index is 802. The average molecular weight is 351 g/mol. The molecule has 1 aliphatic rings. The third-order valence-electron chi connectivity index (χ3n) is 3.72. The number of carbonyl (C=O) groups is 1. The standard InChI is InChI=1S/C15H17N3O5S/c1-10(14(19)17-12-6-7-24(20,21)8-12)23-13-4-2-11(3-5-13)15-18-16-9-22-15/h2-5,9-10,12H,6-8H2,1H3,(H,17,19)/t10-,12-/m0/s1. The van der Waals surface area contributed by atoms with Crippen molar-refractivity contribution < 1.29 is 22.4 Å². The molecule has 0 saturated carbocycles. The molecular formula is C15H17N3O5S. The van der Waals surface area contributed by atoms with Gasteiger partial charge in [-0.15, -0.1) is 10.2 Å². The topological polar surface area (TPSA) is 111 Å². The van der Waals surface area contributed by atoms with Gasteiger partial charge in [-0.3, -0.25) is 4.79 Å². The van der Waals surface area contributed by atoms with E-state index >= 15 is 0 Å². The molecule has 0 unspecified atom stereocenters. The molecule has 2 heterocycles. The van der Waals surface area contributed by atoms with Gasteiger partial charge >= 0.3 is 0 Å². The van der Waals surface area contributed by atoms with E-state index in [1.165, 1.54) is 6.39 Å². The summed E-state index contributed by atoms with van der Waals surface area (Å²) in [7, 11) is -3.03. The largest absolute Gasteiger partial charge is 0.481 e. The highest BCUT2D eigenvalue weighted by Gasteiger charge is 2.30. The summed E-state index contributed by atoms with van der Waals surface area (Å²) in [5, 5.41) is 10.1. The number of nitrogens with one attached hydrogen (secondary N) is 1. The van der Waals surface area contributed by atoms with Gasteiger partial charge in [-0.2, -0.15) is 0 Å². The van der Waals surface area contributed by atoms with E-state index in [0.717, 1.165) is 5.56 Å². The number of benzene rings is 1. The van der Waals surface area contributed by atoms with Crippen LogP contribution in [0, 0.1) is 0 Å². The second-order valence-electron chi connectivity index (χ2n) is 5.64. The SMILES string of the molecule is C[C@H](Oc1ccc(-c2nnco2)cc1)C(=O)N[C@H]1CCS(=O)(=O)C1. The van der Waals surface area contributed by atoms with Gasteiger partial charge < -0.3 is 14.5 Å². The van der Waals surface area contributed by atoms with Crippen LogP contribution in [0.4, 0.5) is 0 Å². The van der Waals surface area contributed by atoms with Crippen LogP contribution in [0.2, 0.25) is 0 Å². The molecule has 0 bridgehead atoms. The van der Waals surface area contributed by atoms with Crippen LogP contribution in [0.3, 0.4) is 0 Å². The predicted octanol–water partition coefficient (Wildman–Crippen LogP) is 0.807. The summed E-state index contributed by atoms with van der Waals surface area (Å²) >= 11 is 0. The molecule has 0 radical (unpaired) electrons. The van der Waals surface area contributed by atoms with Crippen LogP contribution in [0.15, 0.2) is 35.1 Å². The number of amides is 1. The molecule has 3 rings (SSSR count). The first kappa shape index (κ1) is 16.4. The molecule has 128 valence electrons. The Morgan fingerprint density at radius 1 is 1.38 bits per heavy atom. The van der Waals surface area contributed by atoms with Crippen LogP contribution < -0.4 is 10.1 Å². The van der Waals surface area contributed by atoms with Crippen molar-refractivity contribution in [3.05, 3.63) is 30.7 Å². The monoisotopic (exact) mass is 351 g/mol. The summed E-state index contributed by atoms with van der Waals surface area (Å²) < 4.78 is 33.5. The van der Waals surface area contributed by atoms with Crippen molar-refractivity contribution in [1.29, 1.82) is 0 Å². The van der Waals surface area contributed by atoms with Crippen LogP contribution in [0.5, 0.6) is 5.75 Å². The number of ether oxygens (including phenoxy) is 1. The van der Waals surface area contributed by atoms with E-state index < -0.39 is 15.9 Å². The molecule has 1 amide bonds. The molecule has 0 aliphatic carbocycles. The Kier molecular flexibility index (Phi) is 4.52. The van der Waals surface area contributed by atoms with E-state index in [-0.39, 0.29) is 23.5 Å². The normalized spacial score (nSPS) is 20.5. The average Bonchev–Trinajstić information content (AvgIpc) is 3.18. The first-order chi connectivity index (χ1) is 11.4. The molecule has 1 aromatic heterocycles. The Hall–Kier alpha value is -2.42. The van der Waals surface area contributed by atoms with Crippen molar-refractivity contribution >= 4 is 15.7 Å². The molecule has 8 nitrogen and oxygen atoms in total. The van der Waals surface area contributed by atoms with Crippen molar-refractivity contribution in [2.45, 2.75) is 25.5 Å². The van der Waals surface area contributed by atoms with Gasteiger partial charge in [0.05, 0.1) is 11.5 Å². The van der Waals surface area contributed by atoms with Gasteiger partial charge in [0.2, 0.25) is 12.3 Å². The molecule has 0 spiro atoms. The highest BCUT2D eigenvalue weighted by atomic mass is 32.2. The molecule has 24 heavy (non-hydrogen) atoms. The Balaban J connectivity index is 1.56. The van der Waals surface area contributed by atoms with E-state index in [0.29, 0.717) is 18.1 Å². The smallest absolute Gasteiger partial charge is 0.261 e. The summed E-state index contributed by atoms with van der Waals surface area (Å²) in [6.45, 7) is 1.62. The van der Waals surface area contributed by atoms with Gasteiger partial charge in [-0.1, -0.05) is 0 Å². The van der Waals surface area contributed by atoms with Crippen LogP contribution in [-0.4, -0.2) is 48.2 Å². The number of carbonyl (C=O) groups excluding carboxylic acids is 1. The fraction of sp³-hybridized carbons (Fsp3) is 0.400. The van der Waals surface area contributed by atoms with Crippen molar-refractivity contribution in [1.82, 2.24) is 15.5 Å². The van der Waals surface area contributed by atoms with Crippen LogP contribution in [0.25, 0.3) is 11.5 Å². The number of sulfone groups is 1. The molecular weight excluding hydrogens is 334 g/mol. The first-order valence-corrected chi connectivity index (χ1v) is 9.29. The zero-order chi connectivity index (χ0) is 17.2. The van der Waals surface area contributed by atoms with Crippen molar-refractivity contribution in [3.8, 4) is 17.2 Å². The van der Waals surface area contributed by atoms with E-state index in [9.17, 15) is 13.2 Å². The third-order valence-corrected chi connectivity index (χ3v) is 5.49.